The van der Waals surface area contributed by atoms with Crippen LogP contribution < -0.4 is 0 Å². The molecule has 0 saturated carbocycles. The second-order valence-electron chi connectivity index (χ2n) is 2.02. The third-order valence-corrected chi connectivity index (χ3v) is 2.26. The predicted octanol–water partition coefficient (Wildman–Crippen LogP) is 1.88. The lowest BCUT2D eigenvalue weighted by atomic mass is 10.4. The third kappa shape index (κ3) is 2.86. The maximum absolute atomic E-state index is 12.5. The SMILES string of the molecule is FCC(F)C(F)OP1OCCO1. The van der Waals surface area contributed by atoms with E-state index < -0.39 is 27.8 Å². The van der Waals surface area contributed by atoms with Crippen molar-refractivity contribution in [3.63, 3.8) is 0 Å². The first kappa shape index (κ1) is 10.2. The molecule has 1 saturated heterocycles. The molecule has 3 nitrogen and oxygen atoms in total. The minimum atomic E-state index is -2.31. The highest BCUT2D eigenvalue weighted by molar-refractivity contribution is 7.41. The first-order valence-electron chi connectivity index (χ1n) is 3.31. The molecule has 0 amide bonds. The van der Waals surface area contributed by atoms with Crippen molar-refractivity contribution in [2.75, 3.05) is 19.9 Å². The van der Waals surface area contributed by atoms with Crippen LogP contribution in [0.4, 0.5) is 13.2 Å². The topological polar surface area (TPSA) is 27.7 Å². The van der Waals surface area contributed by atoms with Crippen LogP contribution in [0.2, 0.25) is 0 Å². The summed E-state index contributed by atoms with van der Waals surface area (Å²) in [4.78, 5) is 0. The van der Waals surface area contributed by atoms with Gasteiger partial charge < -0.3 is 9.05 Å². The largest absolute Gasteiger partial charge is 0.335 e. The molecule has 1 aliphatic heterocycles. The lowest BCUT2D eigenvalue weighted by molar-refractivity contribution is -0.0219. The zero-order valence-electron chi connectivity index (χ0n) is 6.08. The molecule has 12 heavy (non-hydrogen) atoms. The van der Waals surface area contributed by atoms with E-state index in [0.717, 1.165) is 0 Å². The van der Waals surface area contributed by atoms with Crippen LogP contribution in [0.1, 0.15) is 0 Å². The molecule has 7 heteroatoms. The van der Waals surface area contributed by atoms with Crippen LogP contribution in [0.5, 0.6) is 0 Å². The third-order valence-electron chi connectivity index (χ3n) is 1.10. The van der Waals surface area contributed by atoms with E-state index in [4.69, 9.17) is 9.05 Å². The van der Waals surface area contributed by atoms with Crippen molar-refractivity contribution in [3.05, 3.63) is 0 Å². The maximum Gasteiger partial charge on any atom is 0.335 e. The zero-order chi connectivity index (χ0) is 8.97. The van der Waals surface area contributed by atoms with Gasteiger partial charge in [0.1, 0.15) is 6.67 Å². The second-order valence-corrected chi connectivity index (χ2v) is 3.19. The number of rotatable bonds is 4. The van der Waals surface area contributed by atoms with Gasteiger partial charge in [0, 0.05) is 0 Å². The summed E-state index contributed by atoms with van der Waals surface area (Å²) in [6, 6.07) is 0. The number of hydrogen-bond donors (Lipinski definition) is 0. The maximum atomic E-state index is 12.5. The minimum Gasteiger partial charge on any atom is -0.310 e. The van der Waals surface area contributed by atoms with Crippen molar-refractivity contribution in [1.82, 2.24) is 0 Å². The second kappa shape index (κ2) is 4.97. The summed E-state index contributed by atoms with van der Waals surface area (Å²) >= 11 is 0. The average Bonchev–Trinajstić information content (AvgIpc) is 2.55. The Morgan fingerprint density at radius 2 is 1.92 bits per heavy atom. The van der Waals surface area contributed by atoms with Crippen LogP contribution in [0.3, 0.4) is 0 Å². The molecular weight excluding hydrogens is 196 g/mol. The molecule has 2 atom stereocenters. The standard InChI is InChI=1S/C5H8F3O3P/c6-3-4(7)5(8)11-12-9-1-2-10-12/h4-5H,1-3H2. The van der Waals surface area contributed by atoms with E-state index in [1.165, 1.54) is 0 Å². The van der Waals surface area contributed by atoms with Crippen molar-refractivity contribution >= 4 is 8.60 Å². The minimum absolute atomic E-state index is 0.297. The summed E-state index contributed by atoms with van der Waals surface area (Å²) in [5.74, 6) is 0. The molecular formula is C5H8F3O3P. The van der Waals surface area contributed by atoms with Gasteiger partial charge in [-0.25, -0.2) is 13.2 Å². The molecule has 0 aromatic rings. The van der Waals surface area contributed by atoms with E-state index in [2.05, 4.69) is 4.52 Å². The normalized spacial score (nSPS) is 24.2. The van der Waals surface area contributed by atoms with Gasteiger partial charge in [-0.1, -0.05) is 0 Å². The van der Waals surface area contributed by atoms with Crippen molar-refractivity contribution < 1.29 is 26.7 Å². The highest BCUT2D eigenvalue weighted by Gasteiger charge is 2.29. The van der Waals surface area contributed by atoms with Crippen LogP contribution in [0.15, 0.2) is 0 Å². The lowest BCUT2D eigenvalue weighted by Gasteiger charge is -2.13. The molecule has 2 unspecified atom stereocenters. The lowest BCUT2D eigenvalue weighted by Crippen LogP contribution is -2.20. The molecule has 1 heterocycles. The smallest absolute Gasteiger partial charge is 0.310 e. The first-order chi connectivity index (χ1) is 5.74. The Hall–Kier alpha value is 0.100. The first-order valence-corrected chi connectivity index (χ1v) is 4.40. The molecule has 0 bridgehead atoms. The summed E-state index contributed by atoms with van der Waals surface area (Å²) in [5, 5.41) is 0. The van der Waals surface area contributed by atoms with E-state index in [1.807, 2.05) is 0 Å². The Kier molecular flexibility index (Phi) is 4.21. The van der Waals surface area contributed by atoms with Gasteiger partial charge in [-0.05, 0) is 0 Å². The average molecular weight is 204 g/mol. The fourth-order valence-electron chi connectivity index (χ4n) is 0.540. The predicted molar refractivity (Wildman–Crippen MR) is 35.7 cm³/mol. The molecule has 1 fully saturated rings. The quantitative estimate of drug-likeness (QED) is 0.654. The van der Waals surface area contributed by atoms with Gasteiger partial charge in [0.25, 0.3) is 0 Å². The van der Waals surface area contributed by atoms with Crippen LogP contribution in [0.25, 0.3) is 0 Å². The van der Waals surface area contributed by atoms with Crippen molar-refractivity contribution in [2.45, 2.75) is 12.5 Å². The van der Waals surface area contributed by atoms with Crippen LogP contribution >= 0.6 is 8.60 Å². The molecule has 0 radical (unpaired) electrons. The molecule has 0 aromatic heterocycles. The van der Waals surface area contributed by atoms with Gasteiger partial charge in [-0.3, -0.25) is 4.52 Å². The van der Waals surface area contributed by atoms with E-state index in [-0.39, 0.29) is 0 Å². The van der Waals surface area contributed by atoms with Gasteiger partial charge in [0.05, 0.1) is 13.2 Å². The van der Waals surface area contributed by atoms with Gasteiger partial charge >= 0.3 is 8.60 Å². The van der Waals surface area contributed by atoms with Crippen molar-refractivity contribution in [1.29, 1.82) is 0 Å². The summed E-state index contributed by atoms with van der Waals surface area (Å²) in [6.07, 6.45) is -4.57. The Labute approximate surface area is 68.8 Å². The van der Waals surface area contributed by atoms with Gasteiger partial charge in [-0.2, -0.15) is 0 Å². The molecule has 0 spiro atoms. The molecule has 72 valence electrons. The highest BCUT2D eigenvalue weighted by Crippen LogP contribution is 2.45. The van der Waals surface area contributed by atoms with Crippen LogP contribution in [-0.2, 0) is 13.6 Å². The van der Waals surface area contributed by atoms with Crippen LogP contribution in [0, 0.1) is 0 Å². The van der Waals surface area contributed by atoms with E-state index >= 15 is 0 Å². The molecule has 1 aliphatic rings. The van der Waals surface area contributed by atoms with E-state index in [9.17, 15) is 13.2 Å². The molecule has 0 N–H and O–H groups in total. The summed E-state index contributed by atoms with van der Waals surface area (Å²) in [5.41, 5.74) is 0. The van der Waals surface area contributed by atoms with Crippen molar-refractivity contribution in [3.8, 4) is 0 Å². The Bertz CT molecular complexity index is 133. The Morgan fingerprint density at radius 1 is 1.33 bits per heavy atom. The van der Waals surface area contributed by atoms with E-state index in [1.54, 1.807) is 0 Å². The fraction of sp³-hybridized carbons (Fsp3) is 1.00. The summed E-state index contributed by atoms with van der Waals surface area (Å²) in [7, 11) is -1.80. The van der Waals surface area contributed by atoms with Gasteiger partial charge in [0.2, 0.25) is 6.36 Å². The summed E-state index contributed by atoms with van der Waals surface area (Å²) in [6.45, 7) is -0.819. The van der Waals surface area contributed by atoms with Gasteiger partial charge in [-0.15, -0.1) is 0 Å². The van der Waals surface area contributed by atoms with Crippen LogP contribution in [-0.4, -0.2) is 32.4 Å². The summed E-state index contributed by atoms with van der Waals surface area (Å²) < 4.78 is 49.9. The molecule has 1 rings (SSSR count). The van der Waals surface area contributed by atoms with Gasteiger partial charge in [0.15, 0.2) is 6.17 Å². The number of hydrogen-bond acceptors (Lipinski definition) is 3. The number of halogens is 3. The van der Waals surface area contributed by atoms with Crippen molar-refractivity contribution in [2.24, 2.45) is 0 Å². The fourth-order valence-corrected chi connectivity index (χ4v) is 1.48. The van der Waals surface area contributed by atoms with E-state index in [0.29, 0.717) is 13.2 Å². The monoisotopic (exact) mass is 204 g/mol. The number of alkyl halides is 3. The molecule has 0 aliphatic carbocycles. The Morgan fingerprint density at radius 3 is 2.42 bits per heavy atom. The Balaban J connectivity index is 2.19. The zero-order valence-corrected chi connectivity index (χ0v) is 6.98. The highest BCUT2D eigenvalue weighted by atomic mass is 31.2. The molecule has 0 aromatic carbocycles.